The van der Waals surface area contributed by atoms with Gasteiger partial charge >= 0.3 is 0 Å². The summed E-state index contributed by atoms with van der Waals surface area (Å²) in [5.41, 5.74) is 3.80. The molecule has 0 atom stereocenters. The third-order valence-electron chi connectivity index (χ3n) is 4.18. The number of rotatable bonds is 3. The van der Waals surface area contributed by atoms with Crippen LogP contribution in [0.3, 0.4) is 0 Å². The summed E-state index contributed by atoms with van der Waals surface area (Å²) in [7, 11) is 0. The largest absolute Gasteiger partial charge is 0.325 e. The number of carbonyl (C=O) groups is 1. The average Bonchev–Trinajstić information content (AvgIpc) is 2.75. The molecule has 116 valence electrons. The number of halogens is 1. The Bertz CT molecular complexity index is 484. The zero-order valence-electron chi connectivity index (χ0n) is 12.4. The van der Waals surface area contributed by atoms with Gasteiger partial charge in [0.2, 0.25) is 5.91 Å². The number of amides is 1. The number of nitrogens with zero attached hydrogens (tertiary/aromatic N) is 1. The molecule has 4 nitrogen and oxygen atoms in total. The SMILES string of the molecule is Cl.O=C(CN1CCCNCC1)Nc1ccc2c(c1)CCC2. The maximum absolute atomic E-state index is 12.1. The fourth-order valence-electron chi connectivity index (χ4n) is 3.11. The van der Waals surface area contributed by atoms with Crippen LogP contribution in [0.15, 0.2) is 18.2 Å². The first-order chi connectivity index (χ1) is 9.81. The van der Waals surface area contributed by atoms with Gasteiger partial charge in [-0.2, -0.15) is 0 Å². The Kier molecular flexibility index (Phi) is 6.03. The van der Waals surface area contributed by atoms with Gasteiger partial charge in [-0.3, -0.25) is 9.69 Å². The number of anilines is 1. The van der Waals surface area contributed by atoms with Crippen molar-refractivity contribution >= 4 is 24.0 Å². The van der Waals surface area contributed by atoms with Crippen LogP contribution in [-0.4, -0.2) is 43.5 Å². The van der Waals surface area contributed by atoms with Crippen molar-refractivity contribution in [3.05, 3.63) is 29.3 Å². The highest BCUT2D eigenvalue weighted by atomic mass is 35.5. The van der Waals surface area contributed by atoms with Crippen LogP contribution in [0.5, 0.6) is 0 Å². The highest BCUT2D eigenvalue weighted by Crippen LogP contribution is 2.24. The molecule has 1 aliphatic heterocycles. The van der Waals surface area contributed by atoms with Gasteiger partial charge in [0.25, 0.3) is 0 Å². The van der Waals surface area contributed by atoms with E-state index in [-0.39, 0.29) is 18.3 Å². The fraction of sp³-hybridized carbons (Fsp3) is 0.562. The molecule has 1 aliphatic carbocycles. The van der Waals surface area contributed by atoms with E-state index in [9.17, 15) is 4.79 Å². The molecular weight excluding hydrogens is 286 g/mol. The van der Waals surface area contributed by atoms with Crippen molar-refractivity contribution in [2.24, 2.45) is 0 Å². The molecule has 0 radical (unpaired) electrons. The number of hydrogen-bond acceptors (Lipinski definition) is 3. The molecule has 0 bridgehead atoms. The number of aryl methyl sites for hydroxylation is 2. The van der Waals surface area contributed by atoms with Gasteiger partial charge in [0, 0.05) is 18.8 Å². The van der Waals surface area contributed by atoms with E-state index < -0.39 is 0 Å². The Hall–Kier alpha value is -1.10. The fourth-order valence-corrected chi connectivity index (χ4v) is 3.11. The third-order valence-corrected chi connectivity index (χ3v) is 4.18. The standard InChI is InChI=1S/C16H23N3O.ClH/c20-16(12-19-9-2-7-17-8-10-19)18-15-6-5-13-3-1-4-14(13)11-15;/h5-6,11,17H,1-4,7-10,12H2,(H,18,20);1H. The van der Waals surface area contributed by atoms with E-state index in [0.29, 0.717) is 6.54 Å². The summed E-state index contributed by atoms with van der Waals surface area (Å²) in [6.45, 7) is 4.50. The molecule has 5 heteroatoms. The highest BCUT2D eigenvalue weighted by Gasteiger charge is 2.14. The van der Waals surface area contributed by atoms with Crippen LogP contribution in [0, 0.1) is 0 Å². The molecule has 0 aromatic heterocycles. The van der Waals surface area contributed by atoms with Crippen molar-refractivity contribution in [2.45, 2.75) is 25.7 Å². The molecule has 0 saturated carbocycles. The van der Waals surface area contributed by atoms with E-state index >= 15 is 0 Å². The molecule has 0 unspecified atom stereocenters. The molecule has 1 fully saturated rings. The summed E-state index contributed by atoms with van der Waals surface area (Å²) in [5, 5.41) is 6.39. The predicted molar refractivity (Wildman–Crippen MR) is 88.3 cm³/mol. The monoisotopic (exact) mass is 309 g/mol. The van der Waals surface area contributed by atoms with Crippen molar-refractivity contribution in [1.29, 1.82) is 0 Å². The molecule has 3 rings (SSSR count). The van der Waals surface area contributed by atoms with Crippen LogP contribution in [0.2, 0.25) is 0 Å². The first kappa shape index (κ1) is 16.3. The van der Waals surface area contributed by atoms with Crippen molar-refractivity contribution in [2.75, 3.05) is 38.0 Å². The maximum Gasteiger partial charge on any atom is 0.238 e. The molecule has 0 spiro atoms. The minimum atomic E-state index is 0. The van der Waals surface area contributed by atoms with Crippen LogP contribution >= 0.6 is 12.4 Å². The van der Waals surface area contributed by atoms with Crippen molar-refractivity contribution in [3.8, 4) is 0 Å². The number of nitrogens with one attached hydrogen (secondary N) is 2. The van der Waals surface area contributed by atoms with Crippen LogP contribution in [0.4, 0.5) is 5.69 Å². The summed E-state index contributed by atoms with van der Waals surface area (Å²) < 4.78 is 0. The predicted octanol–water partition coefficient (Wildman–Crippen LogP) is 1.83. The Labute approximate surface area is 132 Å². The summed E-state index contributed by atoms with van der Waals surface area (Å²) in [4.78, 5) is 14.3. The van der Waals surface area contributed by atoms with E-state index in [4.69, 9.17) is 0 Å². The van der Waals surface area contributed by atoms with Crippen LogP contribution in [0.1, 0.15) is 24.0 Å². The van der Waals surface area contributed by atoms with Crippen LogP contribution in [-0.2, 0) is 17.6 Å². The molecule has 1 aromatic rings. The summed E-state index contributed by atoms with van der Waals surface area (Å²) in [6, 6.07) is 6.34. The lowest BCUT2D eigenvalue weighted by Gasteiger charge is -2.18. The average molecular weight is 310 g/mol. The van der Waals surface area contributed by atoms with Crippen molar-refractivity contribution in [1.82, 2.24) is 10.2 Å². The minimum absolute atomic E-state index is 0. The molecule has 2 N–H and O–H groups in total. The lowest BCUT2D eigenvalue weighted by Crippen LogP contribution is -2.35. The van der Waals surface area contributed by atoms with Gasteiger partial charge in [-0.25, -0.2) is 0 Å². The molecule has 1 aromatic carbocycles. The van der Waals surface area contributed by atoms with Crippen LogP contribution in [0.25, 0.3) is 0 Å². The number of hydrogen-bond donors (Lipinski definition) is 2. The maximum atomic E-state index is 12.1. The second-order valence-electron chi connectivity index (χ2n) is 5.76. The quantitative estimate of drug-likeness (QED) is 0.895. The molecule has 1 saturated heterocycles. The normalized spacial score (nSPS) is 18.5. The van der Waals surface area contributed by atoms with Gasteiger partial charge in [0.15, 0.2) is 0 Å². The van der Waals surface area contributed by atoms with E-state index in [1.807, 2.05) is 6.07 Å². The number of benzene rings is 1. The zero-order valence-corrected chi connectivity index (χ0v) is 13.2. The number of carbonyl (C=O) groups excluding carboxylic acids is 1. The summed E-state index contributed by atoms with van der Waals surface area (Å²) in [6.07, 6.45) is 4.70. The topological polar surface area (TPSA) is 44.4 Å². The lowest BCUT2D eigenvalue weighted by molar-refractivity contribution is -0.117. The Morgan fingerprint density at radius 1 is 1.14 bits per heavy atom. The molecule has 1 amide bonds. The summed E-state index contributed by atoms with van der Waals surface area (Å²) >= 11 is 0. The highest BCUT2D eigenvalue weighted by molar-refractivity contribution is 5.92. The Balaban J connectivity index is 0.00000161. The van der Waals surface area contributed by atoms with Gasteiger partial charge in [-0.05, 0) is 62.0 Å². The van der Waals surface area contributed by atoms with Crippen LogP contribution < -0.4 is 10.6 Å². The first-order valence-corrected chi connectivity index (χ1v) is 7.66. The molecular formula is C16H24ClN3O. The van der Waals surface area contributed by atoms with E-state index in [1.54, 1.807) is 0 Å². The van der Waals surface area contributed by atoms with Gasteiger partial charge in [-0.15, -0.1) is 12.4 Å². The van der Waals surface area contributed by atoms with Gasteiger partial charge in [0.05, 0.1) is 6.54 Å². The number of fused-ring (bicyclic) bond motifs is 1. The third kappa shape index (κ3) is 4.43. The van der Waals surface area contributed by atoms with Gasteiger partial charge < -0.3 is 10.6 Å². The Morgan fingerprint density at radius 2 is 2.00 bits per heavy atom. The smallest absolute Gasteiger partial charge is 0.238 e. The lowest BCUT2D eigenvalue weighted by atomic mass is 10.1. The van der Waals surface area contributed by atoms with Gasteiger partial charge in [0.1, 0.15) is 0 Å². The molecule has 1 heterocycles. The van der Waals surface area contributed by atoms with E-state index in [2.05, 4.69) is 27.7 Å². The Morgan fingerprint density at radius 3 is 2.90 bits per heavy atom. The van der Waals surface area contributed by atoms with Gasteiger partial charge in [-0.1, -0.05) is 6.07 Å². The van der Waals surface area contributed by atoms with Crippen molar-refractivity contribution < 1.29 is 4.79 Å². The van der Waals surface area contributed by atoms with Crippen molar-refractivity contribution in [3.63, 3.8) is 0 Å². The second-order valence-corrected chi connectivity index (χ2v) is 5.76. The molecule has 2 aliphatic rings. The zero-order chi connectivity index (χ0) is 13.8. The molecule has 21 heavy (non-hydrogen) atoms. The van der Waals surface area contributed by atoms with E-state index in [1.165, 1.54) is 24.0 Å². The first-order valence-electron chi connectivity index (χ1n) is 7.66. The van der Waals surface area contributed by atoms with E-state index in [0.717, 1.165) is 44.7 Å². The second kappa shape index (κ2) is 7.78. The summed E-state index contributed by atoms with van der Waals surface area (Å²) in [5.74, 6) is 0.102. The minimum Gasteiger partial charge on any atom is -0.325 e.